The van der Waals surface area contributed by atoms with Gasteiger partial charge in [-0.1, -0.05) is 22.5 Å². The molecule has 4 nitrogen and oxygen atoms in total. The Morgan fingerprint density at radius 3 is 2.69 bits per heavy atom. The van der Waals surface area contributed by atoms with Crippen molar-refractivity contribution < 1.29 is 4.74 Å². The van der Waals surface area contributed by atoms with Gasteiger partial charge in [0.1, 0.15) is 10.8 Å². The van der Waals surface area contributed by atoms with Crippen molar-refractivity contribution in [2.24, 2.45) is 5.73 Å². The van der Waals surface area contributed by atoms with Crippen LogP contribution in [0.25, 0.3) is 0 Å². The van der Waals surface area contributed by atoms with E-state index < -0.39 is 0 Å². The normalized spacial score (nSPS) is 10.4. The van der Waals surface area contributed by atoms with Crippen LogP contribution in [0.3, 0.4) is 0 Å². The summed E-state index contributed by atoms with van der Waals surface area (Å²) in [6.07, 6.45) is 0. The van der Waals surface area contributed by atoms with E-state index in [1.165, 1.54) is 22.5 Å². The quantitative estimate of drug-likeness (QED) is 0.887. The Bertz CT molecular complexity index is 496. The molecule has 1 heterocycles. The van der Waals surface area contributed by atoms with Crippen LogP contribution in [-0.4, -0.2) is 10.2 Å². The molecule has 0 atom stereocenters. The zero-order valence-electron chi connectivity index (χ0n) is 9.23. The van der Waals surface area contributed by atoms with Crippen molar-refractivity contribution in [1.29, 1.82) is 0 Å². The number of hydrogen-bond donors (Lipinski definition) is 1. The third-order valence-corrected chi connectivity index (χ3v) is 3.13. The molecule has 0 unspecified atom stereocenters. The highest BCUT2D eigenvalue weighted by atomic mass is 32.1. The fourth-order valence-electron chi connectivity index (χ4n) is 1.24. The second kappa shape index (κ2) is 4.59. The van der Waals surface area contributed by atoms with E-state index >= 15 is 0 Å². The van der Waals surface area contributed by atoms with E-state index in [4.69, 9.17) is 10.5 Å². The van der Waals surface area contributed by atoms with E-state index in [1.807, 2.05) is 25.1 Å². The Labute approximate surface area is 98.1 Å². The van der Waals surface area contributed by atoms with Crippen LogP contribution in [0.1, 0.15) is 16.1 Å². The van der Waals surface area contributed by atoms with Gasteiger partial charge in [0, 0.05) is 6.54 Å². The third kappa shape index (κ3) is 2.37. The lowest BCUT2D eigenvalue weighted by atomic mass is 10.1. The van der Waals surface area contributed by atoms with Crippen LogP contribution >= 0.6 is 11.3 Å². The second-order valence-electron chi connectivity index (χ2n) is 3.51. The molecule has 0 aliphatic heterocycles. The maximum atomic E-state index is 5.59. The van der Waals surface area contributed by atoms with Gasteiger partial charge in [-0.2, -0.15) is 0 Å². The largest absolute Gasteiger partial charge is 0.430 e. The van der Waals surface area contributed by atoms with Crippen molar-refractivity contribution in [3.8, 4) is 10.9 Å². The molecule has 1 aromatic carbocycles. The molecule has 0 fully saturated rings. The number of rotatable bonds is 3. The molecule has 0 amide bonds. The fourth-order valence-corrected chi connectivity index (χ4v) is 1.83. The Balaban J connectivity index is 2.17. The molecule has 0 bridgehead atoms. The van der Waals surface area contributed by atoms with Gasteiger partial charge in [0.2, 0.25) is 0 Å². The highest BCUT2D eigenvalue weighted by Gasteiger charge is 2.05. The first kappa shape index (κ1) is 11.0. The first-order chi connectivity index (χ1) is 7.69. The molecule has 2 rings (SSSR count). The van der Waals surface area contributed by atoms with Gasteiger partial charge in [-0.15, -0.1) is 5.10 Å². The van der Waals surface area contributed by atoms with Gasteiger partial charge in [0.15, 0.2) is 0 Å². The SMILES string of the molecule is Cc1ccc(Oc2nnc(CN)s2)cc1C. The zero-order valence-corrected chi connectivity index (χ0v) is 10.0. The first-order valence-corrected chi connectivity index (χ1v) is 5.78. The van der Waals surface area contributed by atoms with Crippen LogP contribution in [0, 0.1) is 13.8 Å². The number of nitrogens with two attached hydrogens (primary N) is 1. The van der Waals surface area contributed by atoms with E-state index in [0.29, 0.717) is 11.7 Å². The molecule has 0 aliphatic carbocycles. The van der Waals surface area contributed by atoms with E-state index in [0.717, 1.165) is 10.8 Å². The molecule has 0 radical (unpaired) electrons. The van der Waals surface area contributed by atoms with Crippen LogP contribution in [-0.2, 0) is 6.54 Å². The topological polar surface area (TPSA) is 61.0 Å². The van der Waals surface area contributed by atoms with Crippen molar-refractivity contribution in [1.82, 2.24) is 10.2 Å². The first-order valence-electron chi connectivity index (χ1n) is 4.96. The lowest BCUT2D eigenvalue weighted by molar-refractivity contribution is 0.472. The van der Waals surface area contributed by atoms with Crippen molar-refractivity contribution in [3.05, 3.63) is 34.3 Å². The summed E-state index contributed by atoms with van der Waals surface area (Å²) in [5, 5.41) is 9.10. The van der Waals surface area contributed by atoms with Crippen molar-refractivity contribution in [2.75, 3.05) is 0 Å². The maximum absolute atomic E-state index is 5.59. The Hall–Kier alpha value is -1.46. The molecule has 0 saturated heterocycles. The Morgan fingerprint density at radius 1 is 1.25 bits per heavy atom. The molecule has 5 heteroatoms. The van der Waals surface area contributed by atoms with Crippen molar-refractivity contribution >= 4 is 11.3 Å². The number of aryl methyl sites for hydroxylation is 2. The molecule has 84 valence electrons. The van der Waals surface area contributed by atoms with E-state index in [9.17, 15) is 0 Å². The molecule has 1 aromatic heterocycles. The Kier molecular flexibility index (Phi) is 3.17. The highest BCUT2D eigenvalue weighted by molar-refractivity contribution is 7.13. The molecular formula is C11H13N3OS. The van der Waals surface area contributed by atoms with Crippen LogP contribution < -0.4 is 10.5 Å². The average Bonchev–Trinajstić information content (AvgIpc) is 2.71. The van der Waals surface area contributed by atoms with Gasteiger partial charge in [0.25, 0.3) is 5.19 Å². The molecule has 2 N–H and O–H groups in total. The molecule has 0 aliphatic rings. The molecule has 0 saturated carbocycles. The molecular weight excluding hydrogens is 222 g/mol. The number of benzene rings is 1. The van der Waals surface area contributed by atoms with Crippen molar-refractivity contribution in [2.45, 2.75) is 20.4 Å². The van der Waals surface area contributed by atoms with E-state index in [-0.39, 0.29) is 0 Å². The fraction of sp³-hybridized carbons (Fsp3) is 0.273. The Morgan fingerprint density at radius 2 is 2.06 bits per heavy atom. The molecule has 16 heavy (non-hydrogen) atoms. The smallest absolute Gasteiger partial charge is 0.299 e. The lowest BCUT2D eigenvalue weighted by Crippen LogP contribution is -1.94. The summed E-state index contributed by atoms with van der Waals surface area (Å²) in [5.74, 6) is 0.780. The maximum Gasteiger partial charge on any atom is 0.299 e. The summed E-state index contributed by atoms with van der Waals surface area (Å²) in [5.41, 5.74) is 7.89. The lowest BCUT2D eigenvalue weighted by Gasteiger charge is -2.04. The predicted octanol–water partition coefficient (Wildman–Crippen LogP) is 2.41. The summed E-state index contributed by atoms with van der Waals surface area (Å²) in [4.78, 5) is 0. The summed E-state index contributed by atoms with van der Waals surface area (Å²) in [7, 11) is 0. The molecule has 0 spiro atoms. The minimum absolute atomic E-state index is 0.397. The van der Waals surface area contributed by atoms with Gasteiger partial charge < -0.3 is 10.5 Å². The van der Waals surface area contributed by atoms with Crippen LogP contribution in [0.2, 0.25) is 0 Å². The standard InChI is InChI=1S/C11H13N3OS/c1-7-3-4-9(5-8(7)2)15-11-14-13-10(6-12)16-11/h3-5H,6,12H2,1-2H3. The molecule has 2 aromatic rings. The summed E-state index contributed by atoms with van der Waals surface area (Å²) >= 11 is 1.37. The number of nitrogens with zero attached hydrogens (tertiary/aromatic N) is 2. The van der Waals surface area contributed by atoms with E-state index in [2.05, 4.69) is 17.1 Å². The van der Waals surface area contributed by atoms with Gasteiger partial charge in [-0.05, 0) is 37.1 Å². The van der Waals surface area contributed by atoms with Gasteiger partial charge >= 0.3 is 0 Å². The van der Waals surface area contributed by atoms with Gasteiger partial charge in [-0.25, -0.2) is 0 Å². The summed E-state index contributed by atoms with van der Waals surface area (Å²) in [6, 6.07) is 5.93. The minimum Gasteiger partial charge on any atom is -0.430 e. The average molecular weight is 235 g/mol. The summed E-state index contributed by atoms with van der Waals surface area (Å²) < 4.78 is 5.59. The van der Waals surface area contributed by atoms with Crippen LogP contribution in [0.15, 0.2) is 18.2 Å². The van der Waals surface area contributed by atoms with E-state index in [1.54, 1.807) is 0 Å². The highest BCUT2D eigenvalue weighted by Crippen LogP contribution is 2.26. The minimum atomic E-state index is 0.397. The van der Waals surface area contributed by atoms with Crippen LogP contribution in [0.4, 0.5) is 0 Å². The summed E-state index contributed by atoms with van der Waals surface area (Å²) in [6.45, 7) is 4.51. The second-order valence-corrected chi connectivity index (χ2v) is 4.54. The number of hydrogen-bond acceptors (Lipinski definition) is 5. The number of ether oxygens (including phenoxy) is 1. The zero-order chi connectivity index (χ0) is 11.5. The van der Waals surface area contributed by atoms with Gasteiger partial charge in [0.05, 0.1) is 0 Å². The van der Waals surface area contributed by atoms with Gasteiger partial charge in [-0.3, -0.25) is 0 Å². The predicted molar refractivity (Wildman–Crippen MR) is 63.8 cm³/mol. The van der Waals surface area contributed by atoms with Crippen LogP contribution in [0.5, 0.6) is 10.9 Å². The van der Waals surface area contributed by atoms with Crippen molar-refractivity contribution in [3.63, 3.8) is 0 Å². The third-order valence-electron chi connectivity index (χ3n) is 2.31. The monoisotopic (exact) mass is 235 g/mol. The number of aromatic nitrogens is 2.